The Labute approximate surface area is 80.2 Å². The molecule has 1 aliphatic carbocycles. The van der Waals surface area contributed by atoms with Crippen LogP contribution >= 0.6 is 0 Å². The Kier molecular flexibility index (Phi) is 2.47. The van der Waals surface area contributed by atoms with Gasteiger partial charge in [0.1, 0.15) is 5.84 Å². The van der Waals surface area contributed by atoms with Crippen molar-refractivity contribution in [1.82, 2.24) is 0 Å². The molecule has 0 aromatic carbocycles. The van der Waals surface area contributed by atoms with E-state index in [1.54, 1.807) is 0 Å². The third-order valence-electron chi connectivity index (χ3n) is 3.26. The summed E-state index contributed by atoms with van der Waals surface area (Å²) in [4.78, 5) is 8.83. The first kappa shape index (κ1) is 8.92. The van der Waals surface area contributed by atoms with Crippen molar-refractivity contribution in [2.45, 2.75) is 39.5 Å². The quantitative estimate of drug-likeness (QED) is 0.590. The van der Waals surface area contributed by atoms with E-state index in [1.807, 2.05) is 6.92 Å². The van der Waals surface area contributed by atoms with Crippen LogP contribution in [0.25, 0.3) is 0 Å². The molecule has 1 fully saturated rings. The molecule has 1 heterocycles. The van der Waals surface area contributed by atoms with Crippen LogP contribution in [0.15, 0.2) is 9.98 Å². The van der Waals surface area contributed by atoms with Crippen LogP contribution in [-0.2, 0) is 0 Å². The third kappa shape index (κ3) is 1.98. The number of hydrogen-bond acceptors (Lipinski definition) is 2. The Balaban J connectivity index is 1.93. The monoisotopic (exact) mass is 178 g/mol. The molecule has 0 aromatic rings. The predicted octanol–water partition coefficient (Wildman–Crippen LogP) is 2.69. The Morgan fingerprint density at radius 1 is 1.15 bits per heavy atom. The van der Waals surface area contributed by atoms with Gasteiger partial charge in [-0.25, -0.2) is 4.99 Å². The van der Waals surface area contributed by atoms with Crippen molar-refractivity contribution in [3.63, 3.8) is 0 Å². The van der Waals surface area contributed by atoms with Gasteiger partial charge >= 0.3 is 0 Å². The van der Waals surface area contributed by atoms with Gasteiger partial charge in [-0.05, 0) is 31.6 Å². The molecule has 72 valence electrons. The standard InChI is InChI=1S/C11H18N2/c1-8-3-5-10(6-4-8)11-7-12-9(2)13-11/h8,10H,3-7H2,1-2H3. The van der Waals surface area contributed by atoms with Crippen molar-refractivity contribution in [2.75, 3.05) is 6.54 Å². The van der Waals surface area contributed by atoms with E-state index in [1.165, 1.54) is 31.4 Å². The number of aliphatic imine (C=N–C) groups is 2. The van der Waals surface area contributed by atoms with Crippen molar-refractivity contribution in [3.05, 3.63) is 0 Å². The molecule has 0 aromatic heterocycles. The van der Waals surface area contributed by atoms with Crippen LogP contribution in [-0.4, -0.2) is 18.1 Å². The van der Waals surface area contributed by atoms with E-state index >= 15 is 0 Å². The van der Waals surface area contributed by atoms with Crippen LogP contribution in [0.2, 0.25) is 0 Å². The first-order valence-corrected chi connectivity index (χ1v) is 5.34. The summed E-state index contributed by atoms with van der Waals surface area (Å²) in [5, 5.41) is 0. The maximum absolute atomic E-state index is 4.50. The molecule has 0 saturated heterocycles. The minimum absolute atomic E-state index is 0.748. The second kappa shape index (κ2) is 3.60. The molecule has 0 spiro atoms. The zero-order chi connectivity index (χ0) is 9.26. The fraction of sp³-hybridized carbons (Fsp3) is 0.818. The SMILES string of the molecule is CC1=NCC(C2CCC(C)CC2)=N1. The number of hydrogen-bond donors (Lipinski definition) is 0. The second-order valence-corrected chi connectivity index (χ2v) is 4.42. The van der Waals surface area contributed by atoms with E-state index in [0.29, 0.717) is 0 Å². The summed E-state index contributed by atoms with van der Waals surface area (Å²) in [7, 11) is 0. The van der Waals surface area contributed by atoms with E-state index in [0.717, 1.165) is 24.2 Å². The molecule has 0 radical (unpaired) electrons. The Bertz CT molecular complexity index is 245. The highest BCUT2D eigenvalue weighted by molar-refractivity contribution is 6.04. The average Bonchev–Trinajstić information content (AvgIpc) is 2.53. The Morgan fingerprint density at radius 2 is 1.85 bits per heavy atom. The molecule has 1 aliphatic heterocycles. The zero-order valence-electron chi connectivity index (χ0n) is 8.58. The first-order chi connectivity index (χ1) is 6.25. The van der Waals surface area contributed by atoms with E-state index < -0.39 is 0 Å². The van der Waals surface area contributed by atoms with Gasteiger partial charge in [-0.15, -0.1) is 0 Å². The van der Waals surface area contributed by atoms with Gasteiger partial charge in [0.15, 0.2) is 0 Å². The molecule has 2 nitrogen and oxygen atoms in total. The topological polar surface area (TPSA) is 24.7 Å². The van der Waals surface area contributed by atoms with Crippen LogP contribution in [0.3, 0.4) is 0 Å². The fourth-order valence-corrected chi connectivity index (χ4v) is 2.29. The lowest BCUT2D eigenvalue weighted by atomic mass is 9.80. The highest BCUT2D eigenvalue weighted by atomic mass is 15.0. The molecule has 0 bridgehead atoms. The van der Waals surface area contributed by atoms with Crippen molar-refractivity contribution < 1.29 is 0 Å². The second-order valence-electron chi connectivity index (χ2n) is 4.42. The van der Waals surface area contributed by atoms with Gasteiger partial charge in [0, 0.05) is 5.71 Å². The maximum Gasteiger partial charge on any atom is 0.120 e. The van der Waals surface area contributed by atoms with E-state index in [-0.39, 0.29) is 0 Å². The molecule has 2 rings (SSSR count). The normalized spacial score (nSPS) is 34.3. The summed E-state index contributed by atoms with van der Waals surface area (Å²) in [6.45, 7) is 5.23. The molecule has 0 amide bonds. The van der Waals surface area contributed by atoms with Gasteiger partial charge in [-0.1, -0.05) is 19.8 Å². The molecule has 2 heteroatoms. The Morgan fingerprint density at radius 3 is 2.38 bits per heavy atom. The lowest BCUT2D eigenvalue weighted by molar-refractivity contribution is 0.343. The number of nitrogens with zero attached hydrogens (tertiary/aromatic N) is 2. The summed E-state index contributed by atoms with van der Waals surface area (Å²) in [6, 6.07) is 0. The van der Waals surface area contributed by atoms with Crippen LogP contribution in [0.5, 0.6) is 0 Å². The summed E-state index contributed by atoms with van der Waals surface area (Å²) < 4.78 is 0. The lowest BCUT2D eigenvalue weighted by Crippen LogP contribution is -2.21. The fourth-order valence-electron chi connectivity index (χ4n) is 2.29. The van der Waals surface area contributed by atoms with E-state index in [4.69, 9.17) is 0 Å². The zero-order valence-corrected chi connectivity index (χ0v) is 8.58. The highest BCUT2D eigenvalue weighted by Crippen LogP contribution is 2.30. The molecule has 2 aliphatic rings. The van der Waals surface area contributed by atoms with Gasteiger partial charge in [-0.3, -0.25) is 4.99 Å². The van der Waals surface area contributed by atoms with E-state index in [2.05, 4.69) is 16.9 Å². The van der Waals surface area contributed by atoms with Crippen molar-refractivity contribution in [1.29, 1.82) is 0 Å². The highest BCUT2D eigenvalue weighted by Gasteiger charge is 2.23. The molecular formula is C11H18N2. The summed E-state index contributed by atoms with van der Waals surface area (Å²) in [6.07, 6.45) is 5.43. The third-order valence-corrected chi connectivity index (χ3v) is 3.26. The summed E-state index contributed by atoms with van der Waals surface area (Å²) >= 11 is 0. The van der Waals surface area contributed by atoms with Crippen LogP contribution in [0.1, 0.15) is 39.5 Å². The average molecular weight is 178 g/mol. The van der Waals surface area contributed by atoms with Crippen LogP contribution in [0, 0.1) is 11.8 Å². The lowest BCUT2D eigenvalue weighted by Gasteiger charge is -2.25. The molecule has 0 unspecified atom stereocenters. The van der Waals surface area contributed by atoms with Gasteiger partial charge in [0.25, 0.3) is 0 Å². The van der Waals surface area contributed by atoms with Gasteiger partial charge < -0.3 is 0 Å². The first-order valence-electron chi connectivity index (χ1n) is 5.34. The number of amidine groups is 1. The molecule has 13 heavy (non-hydrogen) atoms. The molecule has 0 N–H and O–H groups in total. The summed E-state index contributed by atoms with van der Waals surface area (Å²) in [5.74, 6) is 2.66. The molecule has 0 atom stereocenters. The van der Waals surface area contributed by atoms with Gasteiger partial charge in [-0.2, -0.15) is 0 Å². The Hall–Kier alpha value is -0.660. The molecule has 1 saturated carbocycles. The predicted molar refractivity (Wildman–Crippen MR) is 56.5 cm³/mol. The minimum atomic E-state index is 0.748. The summed E-state index contributed by atoms with van der Waals surface area (Å²) in [5.41, 5.74) is 1.35. The van der Waals surface area contributed by atoms with Crippen molar-refractivity contribution in [2.24, 2.45) is 21.8 Å². The van der Waals surface area contributed by atoms with E-state index in [9.17, 15) is 0 Å². The van der Waals surface area contributed by atoms with Crippen molar-refractivity contribution in [3.8, 4) is 0 Å². The minimum Gasteiger partial charge on any atom is -0.265 e. The van der Waals surface area contributed by atoms with Crippen LogP contribution in [0.4, 0.5) is 0 Å². The number of rotatable bonds is 1. The maximum atomic E-state index is 4.50. The van der Waals surface area contributed by atoms with Crippen molar-refractivity contribution >= 4 is 11.5 Å². The van der Waals surface area contributed by atoms with Gasteiger partial charge in [0.2, 0.25) is 0 Å². The smallest absolute Gasteiger partial charge is 0.120 e. The largest absolute Gasteiger partial charge is 0.265 e. The van der Waals surface area contributed by atoms with Crippen LogP contribution < -0.4 is 0 Å². The van der Waals surface area contributed by atoms with Gasteiger partial charge in [0.05, 0.1) is 6.54 Å². The molecular weight excluding hydrogens is 160 g/mol.